The lowest BCUT2D eigenvalue weighted by Crippen LogP contribution is -2.38. The topological polar surface area (TPSA) is 53.7 Å². The van der Waals surface area contributed by atoms with Gasteiger partial charge in [-0.2, -0.15) is 0 Å². The number of nitrogens with zero attached hydrogens (tertiary/aromatic N) is 1. The smallest absolute Gasteiger partial charge is 0.246 e. The maximum atomic E-state index is 12.4. The molecule has 4 heteroatoms. The number of hydrogen-bond donors (Lipinski definition) is 1. The van der Waals surface area contributed by atoms with Gasteiger partial charge in [0.15, 0.2) is 0 Å². The van der Waals surface area contributed by atoms with E-state index in [1.165, 1.54) is 0 Å². The number of hydrogen-bond acceptors (Lipinski definition) is 3. The summed E-state index contributed by atoms with van der Waals surface area (Å²) in [5.74, 6) is 1.29. The highest BCUT2D eigenvalue weighted by atomic mass is 16.3. The fourth-order valence-corrected chi connectivity index (χ4v) is 3.16. The summed E-state index contributed by atoms with van der Waals surface area (Å²) in [6, 6.07) is 7.91. The third kappa shape index (κ3) is 3.32. The second-order valence-corrected chi connectivity index (χ2v) is 6.07. The Bertz CT molecular complexity index is 708. The number of fused-ring (bicyclic) bond motifs is 1. The zero-order chi connectivity index (χ0) is 16.2. The average molecular weight is 313 g/mol. The second-order valence-electron chi connectivity index (χ2n) is 6.07. The Balaban J connectivity index is 1.76. The van der Waals surface area contributed by atoms with Crippen LogP contribution in [0.1, 0.15) is 31.1 Å². The van der Waals surface area contributed by atoms with Crippen molar-refractivity contribution < 1.29 is 14.3 Å². The Morgan fingerprint density at radius 1 is 1.35 bits per heavy atom. The van der Waals surface area contributed by atoms with Crippen LogP contribution >= 0.6 is 0 Å². The first kappa shape index (κ1) is 15.8. The number of amides is 1. The van der Waals surface area contributed by atoms with E-state index in [2.05, 4.69) is 6.92 Å². The number of para-hydroxylation sites is 1. The van der Waals surface area contributed by atoms with Crippen LogP contribution in [0.25, 0.3) is 17.0 Å². The molecular weight excluding hydrogens is 290 g/mol. The Morgan fingerprint density at radius 2 is 2.09 bits per heavy atom. The highest BCUT2D eigenvalue weighted by molar-refractivity contribution is 5.96. The van der Waals surface area contributed by atoms with Gasteiger partial charge in [-0.05, 0) is 30.9 Å². The first-order valence-electron chi connectivity index (χ1n) is 8.31. The van der Waals surface area contributed by atoms with Gasteiger partial charge in [0.25, 0.3) is 0 Å². The fraction of sp³-hybridized carbons (Fsp3) is 0.421. The average Bonchev–Trinajstić information content (AvgIpc) is 2.97. The molecular formula is C19H23NO3. The summed E-state index contributed by atoms with van der Waals surface area (Å²) >= 11 is 0. The lowest BCUT2D eigenvalue weighted by Gasteiger charge is -2.30. The summed E-state index contributed by atoms with van der Waals surface area (Å²) < 4.78 is 5.85. The molecule has 122 valence electrons. The summed E-state index contributed by atoms with van der Waals surface area (Å²) in [7, 11) is 0. The van der Waals surface area contributed by atoms with Crippen molar-refractivity contribution in [3.63, 3.8) is 0 Å². The molecule has 23 heavy (non-hydrogen) atoms. The standard InChI is InChI=1S/C19H23NO3/c1-2-17-16(15-5-3-4-6-18(15)23-17)7-8-19(22)20-11-9-14(13-21)10-12-20/h3-8,14,21H,2,9-13H2,1H3/b8-7+. The molecule has 0 atom stereocenters. The number of aliphatic hydroxyl groups excluding tert-OH is 1. The van der Waals surface area contributed by atoms with Crippen LogP contribution in [-0.2, 0) is 11.2 Å². The molecule has 1 aliphatic heterocycles. The molecule has 1 aliphatic rings. The van der Waals surface area contributed by atoms with Gasteiger partial charge in [0.05, 0.1) is 0 Å². The lowest BCUT2D eigenvalue weighted by atomic mass is 9.98. The Morgan fingerprint density at radius 3 is 2.78 bits per heavy atom. The number of likely N-dealkylation sites (tertiary alicyclic amines) is 1. The molecule has 2 aromatic rings. The van der Waals surface area contributed by atoms with Crippen molar-refractivity contribution in [2.45, 2.75) is 26.2 Å². The van der Waals surface area contributed by atoms with Gasteiger partial charge in [0.1, 0.15) is 11.3 Å². The van der Waals surface area contributed by atoms with Gasteiger partial charge in [-0.1, -0.05) is 25.1 Å². The van der Waals surface area contributed by atoms with Crippen LogP contribution in [0.4, 0.5) is 0 Å². The Kier molecular flexibility index (Phi) is 4.82. The van der Waals surface area contributed by atoms with Crippen molar-refractivity contribution in [1.29, 1.82) is 0 Å². The van der Waals surface area contributed by atoms with Gasteiger partial charge in [-0.25, -0.2) is 0 Å². The summed E-state index contributed by atoms with van der Waals surface area (Å²) in [5, 5.41) is 10.2. The number of carbonyl (C=O) groups is 1. The van der Waals surface area contributed by atoms with Gasteiger partial charge in [-0.15, -0.1) is 0 Å². The van der Waals surface area contributed by atoms with Gasteiger partial charge < -0.3 is 14.4 Å². The van der Waals surface area contributed by atoms with Crippen molar-refractivity contribution >= 4 is 23.0 Å². The van der Waals surface area contributed by atoms with Gasteiger partial charge in [0, 0.05) is 43.1 Å². The normalized spacial score (nSPS) is 16.5. The highest BCUT2D eigenvalue weighted by Gasteiger charge is 2.21. The molecule has 1 aromatic heterocycles. The first-order chi connectivity index (χ1) is 11.2. The van der Waals surface area contributed by atoms with Crippen LogP contribution in [-0.4, -0.2) is 35.6 Å². The van der Waals surface area contributed by atoms with E-state index in [4.69, 9.17) is 4.42 Å². The van der Waals surface area contributed by atoms with Crippen molar-refractivity contribution in [1.82, 2.24) is 4.90 Å². The van der Waals surface area contributed by atoms with Gasteiger partial charge in [0.2, 0.25) is 5.91 Å². The predicted octanol–water partition coefficient (Wildman–Crippen LogP) is 3.24. The Hall–Kier alpha value is -2.07. The van der Waals surface area contributed by atoms with Crippen molar-refractivity contribution in [2.75, 3.05) is 19.7 Å². The second kappa shape index (κ2) is 7.01. The van der Waals surface area contributed by atoms with Crippen LogP contribution in [0.15, 0.2) is 34.8 Å². The molecule has 2 heterocycles. The lowest BCUT2D eigenvalue weighted by molar-refractivity contribution is -0.127. The Labute approximate surface area is 136 Å². The molecule has 3 rings (SSSR count). The minimum absolute atomic E-state index is 0.0359. The van der Waals surface area contributed by atoms with E-state index < -0.39 is 0 Å². The monoisotopic (exact) mass is 313 g/mol. The number of carbonyl (C=O) groups excluding carboxylic acids is 1. The van der Waals surface area contributed by atoms with Gasteiger partial charge in [-0.3, -0.25) is 4.79 Å². The molecule has 0 saturated carbocycles. The molecule has 0 bridgehead atoms. The zero-order valence-corrected chi connectivity index (χ0v) is 13.5. The van der Waals surface area contributed by atoms with E-state index in [9.17, 15) is 9.90 Å². The molecule has 0 unspecified atom stereocenters. The maximum absolute atomic E-state index is 12.4. The van der Waals surface area contributed by atoms with Crippen LogP contribution < -0.4 is 0 Å². The summed E-state index contributed by atoms with van der Waals surface area (Å²) in [5.41, 5.74) is 1.86. The molecule has 1 fully saturated rings. The van der Waals surface area contributed by atoms with E-state index in [0.29, 0.717) is 5.92 Å². The SMILES string of the molecule is CCc1oc2ccccc2c1/C=C/C(=O)N1CCC(CO)CC1. The minimum Gasteiger partial charge on any atom is -0.460 e. The van der Waals surface area contributed by atoms with Gasteiger partial charge >= 0.3 is 0 Å². The molecule has 1 saturated heterocycles. The molecule has 0 radical (unpaired) electrons. The molecule has 4 nitrogen and oxygen atoms in total. The maximum Gasteiger partial charge on any atom is 0.246 e. The number of piperidine rings is 1. The number of aryl methyl sites for hydroxylation is 1. The molecule has 1 amide bonds. The van der Waals surface area contributed by atoms with E-state index in [1.54, 1.807) is 6.08 Å². The number of rotatable bonds is 4. The molecule has 1 aromatic carbocycles. The van der Waals surface area contributed by atoms with Crippen molar-refractivity contribution in [3.8, 4) is 0 Å². The van der Waals surface area contributed by atoms with Crippen molar-refractivity contribution in [2.24, 2.45) is 5.92 Å². The fourth-order valence-electron chi connectivity index (χ4n) is 3.16. The highest BCUT2D eigenvalue weighted by Crippen LogP contribution is 2.27. The number of aliphatic hydroxyl groups is 1. The van der Waals surface area contributed by atoms with E-state index >= 15 is 0 Å². The van der Waals surface area contributed by atoms with E-state index in [-0.39, 0.29) is 12.5 Å². The quantitative estimate of drug-likeness (QED) is 0.882. The zero-order valence-electron chi connectivity index (χ0n) is 13.5. The van der Waals surface area contributed by atoms with Crippen LogP contribution in [0.2, 0.25) is 0 Å². The van der Waals surface area contributed by atoms with Crippen LogP contribution in [0, 0.1) is 5.92 Å². The summed E-state index contributed by atoms with van der Waals surface area (Å²) in [4.78, 5) is 14.2. The third-order valence-electron chi connectivity index (χ3n) is 4.61. The van der Waals surface area contributed by atoms with E-state index in [0.717, 1.165) is 54.6 Å². The minimum atomic E-state index is 0.0359. The van der Waals surface area contributed by atoms with Crippen LogP contribution in [0.5, 0.6) is 0 Å². The first-order valence-corrected chi connectivity index (χ1v) is 8.31. The third-order valence-corrected chi connectivity index (χ3v) is 4.61. The largest absolute Gasteiger partial charge is 0.460 e. The molecule has 1 N–H and O–H groups in total. The predicted molar refractivity (Wildman–Crippen MR) is 91.0 cm³/mol. The summed E-state index contributed by atoms with van der Waals surface area (Å²) in [6.07, 6.45) is 6.08. The van der Waals surface area contributed by atoms with E-state index in [1.807, 2.05) is 35.2 Å². The summed E-state index contributed by atoms with van der Waals surface area (Å²) in [6.45, 7) is 3.72. The molecule has 0 spiro atoms. The number of furan rings is 1. The van der Waals surface area contributed by atoms with Crippen LogP contribution in [0.3, 0.4) is 0 Å². The number of benzene rings is 1. The molecule has 0 aliphatic carbocycles. The van der Waals surface area contributed by atoms with Crippen molar-refractivity contribution in [3.05, 3.63) is 41.7 Å².